The van der Waals surface area contributed by atoms with Crippen LogP contribution in [0.4, 0.5) is 0 Å². The molecule has 0 radical (unpaired) electrons. The predicted molar refractivity (Wildman–Crippen MR) is 88.8 cm³/mol. The summed E-state index contributed by atoms with van der Waals surface area (Å²) in [6, 6.07) is 18.4. The number of methoxy groups -OCH3 is 1. The maximum atomic E-state index is 6.12. The van der Waals surface area contributed by atoms with E-state index in [0.29, 0.717) is 11.6 Å². The minimum atomic E-state index is 0.442. The number of nitrogens with two attached hydrogens (primary N) is 1. The Kier molecular flexibility index (Phi) is 3.82. The summed E-state index contributed by atoms with van der Waals surface area (Å²) in [5, 5.41) is 3.05. The van der Waals surface area contributed by atoms with E-state index < -0.39 is 0 Å². The third-order valence-electron chi connectivity index (χ3n) is 3.65. The minimum Gasteiger partial charge on any atom is -0.497 e. The summed E-state index contributed by atoms with van der Waals surface area (Å²) in [5.41, 5.74) is 8.96. The standard InChI is InChI=1S/C18H16ClNO/c1-21-17-6-4-13-8-12(2-3-15(13)10-17)14-5-7-18(19)16(9-14)11-20/h2-10H,11,20H2,1H3. The van der Waals surface area contributed by atoms with Crippen LogP contribution in [-0.4, -0.2) is 7.11 Å². The first kappa shape index (κ1) is 13.9. The van der Waals surface area contributed by atoms with Gasteiger partial charge in [0.05, 0.1) is 7.11 Å². The molecule has 0 amide bonds. The minimum absolute atomic E-state index is 0.442. The van der Waals surface area contributed by atoms with E-state index in [9.17, 15) is 0 Å². The molecule has 0 aliphatic heterocycles. The Morgan fingerprint density at radius 2 is 1.57 bits per heavy atom. The van der Waals surface area contributed by atoms with Gasteiger partial charge in [0.2, 0.25) is 0 Å². The molecule has 3 rings (SSSR count). The second-order valence-corrected chi connectivity index (χ2v) is 5.35. The number of benzene rings is 3. The zero-order valence-corrected chi connectivity index (χ0v) is 12.5. The van der Waals surface area contributed by atoms with Crippen LogP contribution >= 0.6 is 11.6 Å². The molecular weight excluding hydrogens is 282 g/mol. The zero-order chi connectivity index (χ0) is 14.8. The number of fused-ring (bicyclic) bond motifs is 1. The van der Waals surface area contributed by atoms with Crippen molar-refractivity contribution in [1.82, 2.24) is 0 Å². The molecule has 0 aliphatic carbocycles. The zero-order valence-electron chi connectivity index (χ0n) is 11.8. The van der Waals surface area contributed by atoms with Gasteiger partial charge in [0.15, 0.2) is 0 Å². The van der Waals surface area contributed by atoms with Gasteiger partial charge in [0.1, 0.15) is 5.75 Å². The fourth-order valence-corrected chi connectivity index (χ4v) is 2.64. The molecule has 2 N–H and O–H groups in total. The molecule has 3 heteroatoms. The van der Waals surface area contributed by atoms with Crippen molar-refractivity contribution in [3.63, 3.8) is 0 Å². The summed E-state index contributed by atoms with van der Waals surface area (Å²) in [7, 11) is 1.68. The van der Waals surface area contributed by atoms with Crippen molar-refractivity contribution >= 4 is 22.4 Å². The van der Waals surface area contributed by atoms with E-state index in [1.165, 1.54) is 5.39 Å². The van der Waals surface area contributed by atoms with Gasteiger partial charge < -0.3 is 10.5 Å². The first-order valence-corrected chi connectivity index (χ1v) is 7.16. The lowest BCUT2D eigenvalue weighted by molar-refractivity contribution is 0.415. The molecule has 0 saturated heterocycles. The highest BCUT2D eigenvalue weighted by Crippen LogP contribution is 2.29. The van der Waals surface area contributed by atoms with E-state index in [1.54, 1.807) is 7.11 Å². The van der Waals surface area contributed by atoms with Crippen LogP contribution in [-0.2, 0) is 6.54 Å². The van der Waals surface area contributed by atoms with Gasteiger partial charge in [0.25, 0.3) is 0 Å². The van der Waals surface area contributed by atoms with Gasteiger partial charge >= 0.3 is 0 Å². The second-order valence-electron chi connectivity index (χ2n) is 4.94. The summed E-state index contributed by atoms with van der Waals surface area (Å²) in [4.78, 5) is 0. The largest absolute Gasteiger partial charge is 0.497 e. The van der Waals surface area contributed by atoms with Crippen LogP contribution in [0.15, 0.2) is 54.6 Å². The normalized spacial score (nSPS) is 10.8. The lowest BCUT2D eigenvalue weighted by Gasteiger charge is -2.08. The molecule has 0 spiro atoms. The highest BCUT2D eigenvalue weighted by Gasteiger charge is 2.04. The van der Waals surface area contributed by atoms with Crippen LogP contribution in [0.1, 0.15) is 5.56 Å². The number of ether oxygens (including phenoxy) is 1. The molecule has 0 atom stereocenters. The highest BCUT2D eigenvalue weighted by molar-refractivity contribution is 6.31. The van der Waals surface area contributed by atoms with Crippen molar-refractivity contribution < 1.29 is 4.74 Å². The monoisotopic (exact) mass is 297 g/mol. The van der Waals surface area contributed by atoms with Gasteiger partial charge in [-0.25, -0.2) is 0 Å². The van der Waals surface area contributed by atoms with Gasteiger partial charge in [-0.2, -0.15) is 0 Å². The maximum absolute atomic E-state index is 6.12. The summed E-state index contributed by atoms with van der Waals surface area (Å²) >= 11 is 6.12. The second kappa shape index (κ2) is 5.76. The van der Waals surface area contributed by atoms with E-state index in [2.05, 4.69) is 24.3 Å². The molecule has 3 aromatic rings. The molecule has 106 valence electrons. The van der Waals surface area contributed by atoms with Crippen molar-refractivity contribution in [3.8, 4) is 16.9 Å². The van der Waals surface area contributed by atoms with Gasteiger partial charge in [-0.3, -0.25) is 0 Å². The fourth-order valence-electron chi connectivity index (χ4n) is 2.44. The quantitative estimate of drug-likeness (QED) is 0.765. The van der Waals surface area contributed by atoms with Crippen LogP contribution in [0, 0.1) is 0 Å². The molecule has 0 aliphatic rings. The molecule has 0 saturated carbocycles. The van der Waals surface area contributed by atoms with Gasteiger partial charge in [0, 0.05) is 11.6 Å². The van der Waals surface area contributed by atoms with E-state index in [4.69, 9.17) is 22.1 Å². The molecular formula is C18H16ClNO. The third-order valence-corrected chi connectivity index (χ3v) is 4.02. The summed E-state index contributed by atoms with van der Waals surface area (Å²) in [6.45, 7) is 0.442. The number of halogens is 1. The van der Waals surface area contributed by atoms with Crippen molar-refractivity contribution in [3.05, 3.63) is 65.2 Å². The summed E-state index contributed by atoms with van der Waals surface area (Å²) in [5.74, 6) is 0.868. The predicted octanol–water partition coefficient (Wildman–Crippen LogP) is 4.63. The first-order chi connectivity index (χ1) is 10.2. The van der Waals surface area contributed by atoms with Gasteiger partial charge in [-0.15, -0.1) is 0 Å². The molecule has 2 nitrogen and oxygen atoms in total. The van der Waals surface area contributed by atoms with Crippen molar-refractivity contribution in [2.45, 2.75) is 6.54 Å². The van der Waals surface area contributed by atoms with Crippen molar-refractivity contribution in [2.75, 3.05) is 7.11 Å². The van der Waals surface area contributed by atoms with Crippen LogP contribution in [0.2, 0.25) is 5.02 Å². The van der Waals surface area contributed by atoms with Crippen molar-refractivity contribution in [1.29, 1.82) is 0 Å². The molecule has 21 heavy (non-hydrogen) atoms. The molecule has 0 aromatic heterocycles. The third kappa shape index (κ3) is 2.73. The molecule has 3 aromatic carbocycles. The highest BCUT2D eigenvalue weighted by atomic mass is 35.5. The van der Waals surface area contributed by atoms with E-state index >= 15 is 0 Å². The summed E-state index contributed by atoms with van der Waals surface area (Å²) in [6.07, 6.45) is 0. The van der Waals surface area contributed by atoms with Crippen LogP contribution in [0.3, 0.4) is 0 Å². The van der Waals surface area contributed by atoms with Gasteiger partial charge in [-0.05, 0) is 57.8 Å². The van der Waals surface area contributed by atoms with Crippen LogP contribution in [0.25, 0.3) is 21.9 Å². The molecule has 0 bridgehead atoms. The van der Waals surface area contributed by atoms with Crippen LogP contribution in [0.5, 0.6) is 5.75 Å². The van der Waals surface area contributed by atoms with E-state index in [-0.39, 0.29) is 0 Å². The molecule has 0 unspecified atom stereocenters. The summed E-state index contributed by atoms with van der Waals surface area (Å²) < 4.78 is 5.25. The molecule has 0 heterocycles. The SMILES string of the molecule is COc1ccc2cc(-c3ccc(Cl)c(CN)c3)ccc2c1. The first-order valence-electron chi connectivity index (χ1n) is 6.78. The Morgan fingerprint density at radius 3 is 2.33 bits per heavy atom. The van der Waals surface area contributed by atoms with Gasteiger partial charge in [-0.1, -0.05) is 35.9 Å². The smallest absolute Gasteiger partial charge is 0.119 e. The van der Waals surface area contributed by atoms with Crippen LogP contribution < -0.4 is 10.5 Å². The Balaban J connectivity index is 2.08. The number of rotatable bonds is 3. The Morgan fingerprint density at radius 1 is 0.905 bits per heavy atom. The van der Waals surface area contributed by atoms with E-state index in [0.717, 1.165) is 27.8 Å². The topological polar surface area (TPSA) is 35.2 Å². The lowest BCUT2D eigenvalue weighted by atomic mass is 9.99. The lowest BCUT2D eigenvalue weighted by Crippen LogP contribution is -1.97. The average molecular weight is 298 g/mol. The Labute approximate surface area is 129 Å². The Bertz CT molecular complexity index is 798. The van der Waals surface area contributed by atoms with Crippen molar-refractivity contribution in [2.24, 2.45) is 5.73 Å². The van der Waals surface area contributed by atoms with E-state index in [1.807, 2.05) is 30.3 Å². The fraction of sp³-hybridized carbons (Fsp3) is 0.111. The average Bonchev–Trinajstić information content (AvgIpc) is 2.54. The Hall–Kier alpha value is -2.03. The number of hydrogen-bond donors (Lipinski definition) is 1. The number of hydrogen-bond acceptors (Lipinski definition) is 2. The maximum Gasteiger partial charge on any atom is 0.119 e. The molecule has 0 fully saturated rings.